The van der Waals surface area contributed by atoms with Crippen LogP contribution in [-0.2, 0) is 10.0 Å². The fraction of sp³-hybridized carbons (Fsp3) is 0.211. The van der Waals surface area contributed by atoms with Gasteiger partial charge in [0.15, 0.2) is 0 Å². The van der Waals surface area contributed by atoms with E-state index in [1.165, 1.54) is 16.4 Å². The Morgan fingerprint density at radius 2 is 1.67 bits per heavy atom. The van der Waals surface area contributed by atoms with E-state index in [1.807, 2.05) is 0 Å². The lowest BCUT2D eigenvalue weighted by atomic mass is 10.2. The van der Waals surface area contributed by atoms with Crippen LogP contribution in [0.4, 0.5) is 4.39 Å². The second kappa shape index (κ2) is 6.79. The molecule has 2 heterocycles. The number of H-pyrrole nitrogens is 1. The molecule has 2 aromatic carbocycles. The molecular weight excluding hydrogens is 369 g/mol. The van der Waals surface area contributed by atoms with Gasteiger partial charge in [-0.25, -0.2) is 12.8 Å². The van der Waals surface area contributed by atoms with Crippen molar-refractivity contribution in [2.24, 2.45) is 0 Å². The van der Waals surface area contributed by atoms with Crippen molar-refractivity contribution in [3.8, 4) is 0 Å². The molecule has 1 aliphatic heterocycles. The van der Waals surface area contributed by atoms with Gasteiger partial charge in [0.1, 0.15) is 11.5 Å². The monoisotopic (exact) mass is 387 g/mol. The number of hydrogen-bond acceptors (Lipinski definition) is 3. The van der Waals surface area contributed by atoms with Crippen LogP contribution in [0.3, 0.4) is 0 Å². The first-order valence-electron chi connectivity index (χ1n) is 8.58. The molecule has 6 nitrogen and oxygen atoms in total. The minimum atomic E-state index is -3.56. The third-order valence-electron chi connectivity index (χ3n) is 4.72. The van der Waals surface area contributed by atoms with E-state index >= 15 is 0 Å². The molecule has 1 N–H and O–H groups in total. The van der Waals surface area contributed by atoms with Crippen LogP contribution < -0.4 is 0 Å². The lowest BCUT2D eigenvalue weighted by Crippen LogP contribution is -2.50. The molecule has 0 radical (unpaired) electrons. The Labute approximate surface area is 156 Å². The van der Waals surface area contributed by atoms with Crippen LogP contribution in [0.1, 0.15) is 10.5 Å². The summed E-state index contributed by atoms with van der Waals surface area (Å²) in [5.74, 6) is -0.580. The van der Waals surface area contributed by atoms with Crippen molar-refractivity contribution < 1.29 is 17.6 Å². The van der Waals surface area contributed by atoms with Crippen molar-refractivity contribution in [2.75, 3.05) is 26.2 Å². The molecule has 0 bridgehead atoms. The zero-order chi connectivity index (χ0) is 19.0. The van der Waals surface area contributed by atoms with Gasteiger partial charge in [-0.3, -0.25) is 4.79 Å². The second-order valence-corrected chi connectivity index (χ2v) is 8.36. The van der Waals surface area contributed by atoms with Crippen LogP contribution in [-0.4, -0.2) is 54.7 Å². The number of nitrogens with zero attached hydrogens (tertiary/aromatic N) is 2. The maximum Gasteiger partial charge on any atom is 0.270 e. The molecule has 0 saturated carbocycles. The number of piperazine rings is 1. The highest BCUT2D eigenvalue weighted by atomic mass is 32.2. The van der Waals surface area contributed by atoms with Gasteiger partial charge < -0.3 is 9.88 Å². The molecule has 0 spiro atoms. The summed E-state index contributed by atoms with van der Waals surface area (Å²) < 4.78 is 40.0. The summed E-state index contributed by atoms with van der Waals surface area (Å²) in [6, 6.07) is 14.2. The number of rotatable bonds is 3. The normalized spacial score (nSPS) is 16.0. The minimum Gasteiger partial charge on any atom is -0.351 e. The molecule has 1 saturated heterocycles. The van der Waals surface area contributed by atoms with Crippen molar-refractivity contribution in [2.45, 2.75) is 4.90 Å². The summed E-state index contributed by atoms with van der Waals surface area (Å²) in [7, 11) is -3.56. The molecule has 1 amide bonds. The maximum absolute atomic E-state index is 13.3. The van der Waals surface area contributed by atoms with Crippen LogP contribution in [0, 0.1) is 5.82 Å². The standard InChI is InChI=1S/C19H18FN3O3S/c20-15-6-7-17-14(12-15)13-18(21-17)19(24)22-8-10-23(11-9-22)27(25,26)16-4-2-1-3-5-16/h1-7,12-13,21H,8-11H2. The summed E-state index contributed by atoms with van der Waals surface area (Å²) in [5, 5.41) is 0.628. The van der Waals surface area contributed by atoms with E-state index < -0.39 is 10.0 Å². The highest BCUT2D eigenvalue weighted by Gasteiger charge is 2.30. The Kier molecular flexibility index (Phi) is 4.45. The van der Waals surface area contributed by atoms with Crippen LogP contribution in [0.15, 0.2) is 59.5 Å². The molecule has 4 rings (SSSR count). The molecule has 8 heteroatoms. The van der Waals surface area contributed by atoms with Gasteiger partial charge in [-0.05, 0) is 36.4 Å². The molecule has 1 aromatic heterocycles. The first-order chi connectivity index (χ1) is 12.9. The number of amides is 1. The van der Waals surface area contributed by atoms with Crippen molar-refractivity contribution >= 4 is 26.8 Å². The van der Waals surface area contributed by atoms with E-state index in [2.05, 4.69) is 4.98 Å². The Morgan fingerprint density at radius 3 is 2.37 bits per heavy atom. The predicted octanol–water partition coefficient (Wildman–Crippen LogP) is 2.45. The number of halogens is 1. The zero-order valence-corrected chi connectivity index (χ0v) is 15.2. The summed E-state index contributed by atoms with van der Waals surface area (Å²) >= 11 is 0. The van der Waals surface area contributed by atoms with Gasteiger partial charge in [0, 0.05) is 37.1 Å². The summed E-state index contributed by atoms with van der Waals surface area (Å²) in [6.45, 7) is 1.07. The Hall–Kier alpha value is -2.71. The molecule has 1 fully saturated rings. The van der Waals surface area contributed by atoms with Crippen LogP contribution in [0.25, 0.3) is 10.9 Å². The number of fused-ring (bicyclic) bond motifs is 1. The molecule has 1 aliphatic rings. The number of benzene rings is 2. The molecule has 140 valence electrons. The average molecular weight is 387 g/mol. The second-order valence-electron chi connectivity index (χ2n) is 6.42. The lowest BCUT2D eigenvalue weighted by molar-refractivity contribution is 0.0693. The molecule has 0 atom stereocenters. The Morgan fingerprint density at radius 1 is 0.963 bits per heavy atom. The first kappa shape index (κ1) is 17.7. The number of nitrogens with one attached hydrogen (secondary N) is 1. The number of carbonyl (C=O) groups is 1. The van der Waals surface area contributed by atoms with Gasteiger partial charge in [0.05, 0.1) is 4.90 Å². The number of carbonyl (C=O) groups excluding carboxylic acids is 1. The topological polar surface area (TPSA) is 73.5 Å². The molecule has 27 heavy (non-hydrogen) atoms. The smallest absolute Gasteiger partial charge is 0.270 e. The Balaban J connectivity index is 1.47. The van der Waals surface area contributed by atoms with Gasteiger partial charge in [0.25, 0.3) is 5.91 Å². The van der Waals surface area contributed by atoms with E-state index in [1.54, 1.807) is 47.4 Å². The van der Waals surface area contributed by atoms with Crippen LogP contribution >= 0.6 is 0 Å². The van der Waals surface area contributed by atoms with Gasteiger partial charge >= 0.3 is 0 Å². The summed E-state index contributed by atoms with van der Waals surface area (Å²) in [5.41, 5.74) is 1.06. The van der Waals surface area contributed by atoms with Crippen molar-refractivity contribution in [3.05, 3.63) is 66.1 Å². The third-order valence-corrected chi connectivity index (χ3v) is 6.63. The fourth-order valence-electron chi connectivity index (χ4n) is 3.26. The van der Waals surface area contributed by atoms with Crippen LogP contribution in [0.5, 0.6) is 0 Å². The fourth-order valence-corrected chi connectivity index (χ4v) is 4.71. The number of hydrogen-bond donors (Lipinski definition) is 1. The number of aromatic amines is 1. The van der Waals surface area contributed by atoms with Gasteiger partial charge in [-0.2, -0.15) is 4.31 Å². The number of sulfonamides is 1. The minimum absolute atomic E-state index is 0.219. The predicted molar refractivity (Wildman–Crippen MR) is 99.4 cm³/mol. The van der Waals surface area contributed by atoms with E-state index in [0.717, 1.165) is 0 Å². The molecule has 0 aliphatic carbocycles. The van der Waals surface area contributed by atoms with E-state index in [0.29, 0.717) is 29.7 Å². The van der Waals surface area contributed by atoms with Crippen LogP contribution in [0.2, 0.25) is 0 Å². The molecule has 0 unspecified atom stereocenters. The molecular formula is C19H18FN3O3S. The molecule has 3 aromatic rings. The van der Waals surface area contributed by atoms with E-state index in [-0.39, 0.29) is 29.7 Å². The first-order valence-corrected chi connectivity index (χ1v) is 10.0. The van der Waals surface area contributed by atoms with Gasteiger partial charge in [0.2, 0.25) is 10.0 Å². The van der Waals surface area contributed by atoms with Gasteiger partial charge in [-0.15, -0.1) is 0 Å². The zero-order valence-electron chi connectivity index (χ0n) is 14.4. The van der Waals surface area contributed by atoms with Crippen molar-refractivity contribution in [1.29, 1.82) is 0 Å². The van der Waals surface area contributed by atoms with Crippen molar-refractivity contribution in [1.82, 2.24) is 14.2 Å². The highest BCUT2D eigenvalue weighted by molar-refractivity contribution is 7.89. The maximum atomic E-state index is 13.3. The van der Waals surface area contributed by atoms with E-state index in [4.69, 9.17) is 0 Å². The van der Waals surface area contributed by atoms with E-state index in [9.17, 15) is 17.6 Å². The summed E-state index contributed by atoms with van der Waals surface area (Å²) in [4.78, 5) is 17.6. The third kappa shape index (κ3) is 3.33. The SMILES string of the molecule is O=C(c1cc2cc(F)ccc2[nH]1)N1CCN(S(=O)(=O)c2ccccc2)CC1. The highest BCUT2D eigenvalue weighted by Crippen LogP contribution is 2.20. The largest absolute Gasteiger partial charge is 0.351 e. The quantitative estimate of drug-likeness (QED) is 0.750. The average Bonchev–Trinajstić information content (AvgIpc) is 3.11. The lowest BCUT2D eigenvalue weighted by Gasteiger charge is -2.33. The van der Waals surface area contributed by atoms with Crippen molar-refractivity contribution in [3.63, 3.8) is 0 Å². The summed E-state index contributed by atoms with van der Waals surface area (Å²) in [6.07, 6.45) is 0. The number of aromatic nitrogens is 1. The Bertz CT molecular complexity index is 1090. The van der Waals surface area contributed by atoms with Gasteiger partial charge in [-0.1, -0.05) is 18.2 Å².